The highest BCUT2D eigenvalue weighted by Gasteiger charge is 2.40. The largest absolute Gasteiger partial charge is 0.306 e. The second-order valence-electron chi connectivity index (χ2n) is 6.58. The number of carbonyl (C=O) groups excluding carboxylic acids is 2. The van der Waals surface area contributed by atoms with Crippen LogP contribution in [0.3, 0.4) is 0 Å². The highest BCUT2D eigenvalue weighted by atomic mass is 16.2. The number of ketones is 1. The molecule has 1 aliphatic heterocycles. The highest BCUT2D eigenvalue weighted by Crippen LogP contribution is 2.45. The molecule has 0 aliphatic carbocycles. The van der Waals surface area contributed by atoms with Crippen molar-refractivity contribution in [3.8, 4) is 0 Å². The third kappa shape index (κ3) is 2.26. The minimum absolute atomic E-state index is 0.00509. The van der Waals surface area contributed by atoms with Crippen LogP contribution < -0.4 is 4.90 Å². The van der Waals surface area contributed by atoms with Crippen LogP contribution in [0.5, 0.6) is 0 Å². The van der Waals surface area contributed by atoms with E-state index in [9.17, 15) is 9.59 Å². The van der Waals surface area contributed by atoms with Gasteiger partial charge < -0.3 is 4.90 Å². The molecule has 1 aromatic rings. The lowest BCUT2D eigenvalue weighted by Crippen LogP contribution is -2.51. The summed E-state index contributed by atoms with van der Waals surface area (Å²) < 4.78 is 0. The minimum atomic E-state index is -0.266. The quantitative estimate of drug-likeness (QED) is 0.729. The molecule has 108 valence electrons. The standard InChI is InChI=1S/C17H23NO2/c1-10-7-14-11(2)9-17(5,6)18(13(4)20)16(14)15(8-10)12(3)19/h7-8,11H,9H2,1-6H3. The Kier molecular flexibility index (Phi) is 3.49. The molecule has 1 heterocycles. The number of nitrogens with zero attached hydrogens (tertiary/aromatic N) is 1. The molecule has 1 aromatic carbocycles. The van der Waals surface area contributed by atoms with E-state index in [1.165, 1.54) is 0 Å². The van der Waals surface area contributed by atoms with E-state index in [-0.39, 0.29) is 17.2 Å². The predicted octanol–water partition coefficient (Wildman–Crippen LogP) is 3.84. The molecule has 3 nitrogen and oxygen atoms in total. The molecule has 0 spiro atoms. The molecule has 0 saturated heterocycles. The number of fused-ring (bicyclic) bond motifs is 1. The third-order valence-corrected chi connectivity index (χ3v) is 4.14. The molecule has 0 saturated carbocycles. The average molecular weight is 273 g/mol. The number of hydrogen-bond donors (Lipinski definition) is 0. The zero-order valence-corrected chi connectivity index (χ0v) is 13.2. The van der Waals surface area contributed by atoms with Crippen LogP contribution in [-0.2, 0) is 4.79 Å². The van der Waals surface area contributed by atoms with Gasteiger partial charge in [0.2, 0.25) is 5.91 Å². The molecule has 1 unspecified atom stereocenters. The zero-order chi connectivity index (χ0) is 15.2. The van der Waals surface area contributed by atoms with Crippen molar-refractivity contribution in [1.82, 2.24) is 0 Å². The van der Waals surface area contributed by atoms with Crippen LogP contribution in [0.1, 0.15) is 68.4 Å². The van der Waals surface area contributed by atoms with Crippen LogP contribution in [0.2, 0.25) is 0 Å². The number of aryl methyl sites for hydroxylation is 1. The summed E-state index contributed by atoms with van der Waals surface area (Å²) in [6, 6.07) is 4.00. The maximum absolute atomic E-state index is 12.2. The van der Waals surface area contributed by atoms with Gasteiger partial charge in [-0.15, -0.1) is 0 Å². The van der Waals surface area contributed by atoms with Crippen molar-refractivity contribution in [2.24, 2.45) is 0 Å². The first-order valence-electron chi connectivity index (χ1n) is 7.11. The molecule has 1 aliphatic rings. The van der Waals surface area contributed by atoms with Gasteiger partial charge in [-0.25, -0.2) is 0 Å². The first-order valence-corrected chi connectivity index (χ1v) is 7.11. The van der Waals surface area contributed by atoms with Gasteiger partial charge >= 0.3 is 0 Å². The minimum Gasteiger partial charge on any atom is -0.306 e. The Balaban J connectivity index is 2.81. The second kappa shape index (κ2) is 4.72. The Morgan fingerprint density at radius 3 is 2.35 bits per heavy atom. The molecular weight excluding hydrogens is 250 g/mol. The van der Waals surface area contributed by atoms with Crippen molar-refractivity contribution in [2.75, 3.05) is 4.90 Å². The molecule has 0 bridgehead atoms. The van der Waals surface area contributed by atoms with Gasteiger partial charge in [0.15, 0.2) is 5.78 Å². The summed E-state index contributed by atoms with van der Waals surface area (Å²) in [5.74, 6) is 0.351. The summed E-state index contributed by atoms with van der Waals surface area (Å²) in [5, 5.41) is 0. The van der Waals surface area contributed by atoms with Crippen LogP contribution in [0, 0.1) is 6.92 Å². The van der Waals surface area contributed by atoms with Gasteiger partial charge in [0, 0.05) is 18.0 Å². The molecule has 1 amide bonds. The number of hydrogen-bond acceptors (Lipinski definition) is 2. The van der Waals surface area contributed by atoms with E-state index in [4.69, 9.17) is 0 Å². The van der Waals surface area contributed by atoms with E-state index in [2.05, 4.69) is 26.8 Å². The zero-order valence-electron chi connectivity index (χ0n) is 13.2. The van der Waals surface area contributed by atoms with Crippen molar-refractivity contribution in [3.05, 3.63) is 28.8 Å². The van der Waals surface area contributed by atoms with E-state index in [0.717, 1.165) is 23.2 Å². The van der Waals surface area contributed by atoms with Crippen molar-refractivity contribution in [3.63, 3.8) is 0 Å². The van der Waals surface area contributed by atoms with Gasteiger partial charge in [-0.3, -0.25) is 9.59 Å². The number of rotatable bonds is 1. The number of carbonyl (C=O) groups is 2. The van der Waals surface area contributed by atoms with Crippen LogP contribution in [0.15, 0.2) is 12.1 Å². The molecule has 1 atom stereocenters. The van der Waals surface area contributed by atoms with Crippen molar-refractivity contribution < 1.29 is 9.59 Å². The van der Waals surface area contributed by atoms with Gasteiger partial charge in [0.25, 0.3) is 0 Å². The Labute approximate surface area is 121 Å². The highest BCUT2D eigenvalue weighted by molar-refractivity contribution is 6.06. The Bertz CT molecular complexity index is 587. The first-order chi connectivity index (χ1) is 9.15. The molecule has 0 aromatic heterocycles. The van der Waals surface area contributed by atoms with Crippen LogP contribution >= 0.6 is 0 Å². The normalized spacial score (nSPS) is 20.5. The molecule has 2 rings (SSSR count). The second-order valence-corrected chi connectivity index (χ2v) is 6.58. The van der Waals surface area contributed by atoms with E-state index in [0.29, 0.717) is 11.5 Å². The van der Waals surface area contributed by atoms with Crippen molar-refractivity contribution >= 4 is 17.4 Å². The lowest BCUT2D eigenvalue weighted by atomic mass is 9.78. The maximum atomic E-state index is 12.2. The van der Waals surface area contributed by atoms with Gasteiger partial charge in [-0.05, 0) is 57.2 Å². The third-order valence-electron chi connectivity index (χ3n) is 4.14. The van der Waals surface area contributed by atoms with E-state index in [1.54, 1.807) is 18.7 Å². The predicted molar refractivity (Wildman–Crippen MR) is 81.5 cm³/mol. The Morgan fingerprint density at radius 2 is 1.85 bits per heavy atom. The fraction of sp³-hybridized carbons (Fsp3) is 0.529. The Hall–Kier alpha value is -1.64. The molecule has 3 heteroatoms. The van der Waals surface area contributed by atoms with Crippen LogP contribution in [0.4, 0.5) is 5.69 Å². The summed E-state index contributed by atoms with van der Waals surface area (Å²) in [4.78, 5) is 26.0. The van der Waals surface area contributed by atoms with Crippen LogP contribution in [0.25, 0.3) is 0 Å². The smallest absolute Gasteiger partial charge is 0.224 e. The van der Waals surface area contributed by atoms with E-state index >= 15 is 0 Å². The number of amides is 1. The lowest BCUT2D eigenvalue weighted by Gasteiger charge is -2.46. The Morgan fingerprint density at radius 1 is 1.25 bits per heavy atom. The fourth-order valence-corrected chi connectivity index (χ4v) is 3.54. The first kappa shape index (κ1) is 14.8. The van der Waals surface area contributed by atoms with Crippen molar-refractivity contribution in [2.45, 2.75) is 59.4 Å². The molecular formula is C17H23NO2. The van der Waals surface area contributed by atoms with E-state index < -0.39 is 0 Å². The number of Topliss-reactive ketones (excluding diaryl/α,β-unsaturated/α-hetero) is 1. The summed E-state index contributed by atoms with van der Waals surface area (Å²) in [7, 11) is 0. The SMILES string of the molecule is CC(=O)c1cc(C)cc2c1N(C(C)=O)C(C)(C)CC2C. The summed E-state index contributed by atoms with van der Waals surface area (Å²) in [5.41, 5.74) is 3.40. The fourth-order valence-electron chi connectivity index (χ4n) is 3.54. The van der Waals surface area contributed by atoms with Gasteiger partial charge in [-0.2, -0.15) is 0 Å². The summed E-state index contributed by atoms with van der Waals surface area (Å²) in [6.07, 6.45) is 0.903. The van der Waals surface area contributed by atoms with Crippen LogP contribution in [-0.4, -0.2) is 17.2 Å². The van der Waals surface area contributed by atoms with Gasteiger partial charge in [0.05, 0.1) is 5.69 Å². The maximum Gasteiger partial charge on any atom is 0.224 e. The summed E-state index contributed by atoms with van der Waals surface area (Å²) >= 11 is 0. The molecule has 0 radical (unpaired) electrons. The van der Waals surface area contributed by atoms with Gasteiger partial charge in [-0.1, -0.05) is 13.0 Å². The molecule has 0 fully saturated rings. The monoisotopic (exact) mass is 273 g/mol. The molecule has 0 N–H and O–H groups in total. The number of benzene rings is 1. The lowest BCUT2D eigenvalue weighted by molar-refractivity contribution is -0.117. The van der Waals surface area contributed by atoms with Gasteiger partial charge in [0.1, 0.15) is 0 Å². The topological polar surface area (TPSA) is 37.4 Å². The summed E-state index contributed by atoms with van der Waals surface area (Å²) in [6.45, 7) is 11.4. The average Bonchev–Trinajstić information content (AvgIpc) is 2.27. The van der Waals surface area contributed by atoms with E-state index in [1.807, 2.05) is 13.0 Å². The van der Waals surface area contributed by atoms with Crippen molar-refractivity contribution in [1.29, 1.82) is 0 Å². The molecule has 20 heavy (non-hydrogen) atoms. The number of anilines is 1.